The molecule has 0 amide bonds. The number of nitrogens with two attached hydrogens (primary N) is 2. The third-order valence-electron chi connectivity index (χ3n) is 9.35. The minimum Gasteiger partial charge on any atom is -0.543 e. The van der Waals surface area contributed by atoms with Crippen molar-refractivity contribution in [2.24, 2.45) is 21.9 Å². The summed E-state index contributed by atoms with van der Waals surface area (Å²) in [5.41, 5.74) is 17.6. The van der Waals surface area contributed by atoms with Crippen LogP contribution < -0.4 is 21.2 Å². The molecule has 2 atom stereocenters. The van der Waals surface area contributed by atoms with Crippen LogP contribution in [0.2, 0.25) is 18.1 Å². The van der Waals surface area contributed by atoms with E-state index in [-0.39, 0.29) is 22.0 Å². The Morgan fingerprint density at radius 3 is 2.54 bits per heavy atom. The lowest BCUT2D eigenvalue weighted by Crippen LogP contribution is -2.51. The molecule has 0 radical (unpaired) electrons. The van der Waals surface area contributed by atoms with Crippen LogP contribution >= 0.6 is 15.9 Å². The van der Waals surface area contributed by atoms with E-state index in [9.17, 15) is 0 Å². The fraction of sp³-hybridized carbons (Fsp3) is 0.533. The number of fused-ring (bicyclic) bond motifs is 1. The van der Waals surface area contributed by atoms with Crippen molar-refractivity contribution < 1.29 is 4.43 Å². The molecule has 1 aliphatic rings. The fourth-order valence-corrected chi connectivity index (χ4v) is 6.41. The van der Waals surface area contributed by atoms with Crippen LogP contribution in [0.4, 0.5) is 11.4 Å². The molecule has 1 saturated carbocycles. The molecule has 212 valence electrons. The van der Waals surface area contributed by atoms with Gasteiger partial charge in [0.05, 0.1) is 28.7 Å². The summed E-state index contributed by atoms with van der Waals surface area (Å²) < 4.78 is 9.36. The maximum Gasteiger partial charge on any atom is 0.250 e. The number of aliphatic imine (C=N–C) groups is 1. The van der Waals surface area contributed by atoms with Gasteiger partial charge in [-0.3, -0.25) is 0 Å². The number of anilines is 1. The highest BCUT2D eigenvalue weighted by Gasteiger charge is 2.49. The van der Waals surface area contributed by atoms with Gasteiger partial charge >= 0.3 is 0 Å². The van der Waals surface area contributed by atoms with E-state index in [1.54, 1.807) is 6.20 Å². The molecule has 0 unspecified atom stereocenters. The number of amidine groups is 1. The van der Waals surface area contributed by atoms with Crippen LogP contribution in [0.5, 0.6) is 5.75 Å². The third kappa shape index (κ3) is 5.63. The van der Waals surface area contributed by atoms with Crippen molar-refractivity contribution in [1.29, 1.82) is 0 Å². The Kier molecular flexibility index (Phi) is 7.77. The van der Waals surface area contributed by atoms with Crippen LogP contribution in [-0.2, 0) is 6.42 Å². The topological polar surface area (TPSA) is 103 Å². The minimum atomic E-state index is -1.95. The first kappa shape index (κ1) is 29.6. The molecular formula is C30H45BrN6OSi. The molecule has 1 aromatic carbocycles. The number of aryl methyl sites for hydroxylation is 1. The molecule has 4 rings (SSSR count). The van der Waals surface area contributed by atoms with E-state index in [0.29, 0.717) is 5.84 Å². The average molecular weight is 614 g/mol. The molecule has 0 bridgehead atoms. The Morgan fingerprint density at radius 2 is 1.95 bits per heavy atom. The number of nitrogens with one attached hydrogen (secondary N) is 1. The fourth-order valence-electron chi connectivity index (χ4n) is 4.98. The number of halogens is 1. The van der Waals surface area contributed by atoms with Crippen molar-refractivity contribution in [2.75, 3.05) is 5.32 Å². The number of hydrogen-bond acceptors (Lipinski definition) is 5. The van der Waals surface area contributed by atoms with E-state index in [4.69, 9.17) is 20.9 Å². The summed E-state index contributed by atoms with van der Waals surface area (Å²) in [4.78, 5) is 4.92. The van der Waals surface area contributed by atoms with E-state index in [2.05, 4.69) is 100 Å². The van der Waals surface area contributed by atoms with Gasteiger partial charge in [-0.1, -0.05) is 41.5 Å². The molecule has 0 aliphatic heterocycles. The van der Waals surface area contributed by atoms with E-state index in [1.165, 1.54) is 0 Å². The quantitative estimate of drug-likeness (QED) is 0.146. The smallest absolute Gasteiger partial charge is 0.250 e. The average Bonchev–Trinajstić information content (AvgIpc) is 3.30. The zero-order chi connectivity index (χ0) is 29.0. The Labute approximate surface area is 243 Å². The van der Waals surface area contributed by atoms with Crippen LogP contribution in [0.1, 0.15) is 72.4 Å². The second-order valence-electron chi connectivity index (χ2n) is 13.3. The van der Waals surface area contributed by atoms with Gasteiger partial charge in [0.1, 0.15) is 11.6 Å². The van der Waals surface area contributed by atoms with Crippen LogP contribution in [-0.4, -0.2) is 35.3 Å². The maximum absolute atomic E-state index is 6.74. The van der Waals surface area contributed by atoms with Gasteiger partial charge in [-0.15, -0.1) is 0 Å². The lowest BCUT2D eigenvalue weighted by atomic mass is 9.75. The number of hydrogen-bond donors (Lipinski definition) is 3. The van der Waals surface area contributed by atoms with Gasteiger partial charge in [-0.2, -0.15) is 5.10 Å². The van der Waals surface area contributed by atoms with Gasteiger partial charge in [-0.25, -0.2) is 9.51 Å². The van der Waals surface area contributed by atoms with Crippen molar-refractivity contribution >= 4 is 47.0 Å². The Balaban J connectivity index is 1.74. The van der Waals surface area contributed by atoms with Gasteiger partial charge < -0.3 is 21.2 Å². The van der Waals surface area contributed by atoms with Crippen molar-refractivity contribution in [3.8, 4) is 5.75 Å². The maximum atomic E-state index is 6.74. The van der Waals surface area contributed by atoms with Gasteiger partial charge in [-0.05, 0) is 90.1 Å². The standard InChI is InChI=1S/C30H45BrN6OSi/c1-10-19-15-21(38-39(8,9)28(2,3)4)11-12-23(19)35-27(32)22-17-34-37-18-20(31)16-24(37)26(22)36-25-13-14-30(7,33)29(25,5)6/h11-12,15-18,25,36H,10,13-14,33H2,1-9H3,(H2,32,35)/t25-,30+/m1/s1. The molecule has 9 heteroatoms. The SMILES string of the molecule is CCc1cc(O[Si](C)(C)C(C)(C)C)ccc1/N=C(\N)c1cnn2cc(Br)cc2c1N[C@@H]1CC[C@](C)(N)C1(C)C. The lowest BCUT2D eigenvalue weighted by molar-refractivity contribution is 0.215. The van der Waals surface area contributed by atoms with Gasteiger partial charge in [0.15, 0.2) is 0 Å². The van der Waals surface area contributed by atoms with Crippen molar-refractivity contribution in [1.82, 2.24) is 9.61 Å². The summed E-state index contributed by atoms with van der Waals surface area (Å²) >= 11 is 3.61. The second kappa shape index (κ2) is 10.2. The normalized spacial score (nSPS) is 21.9. The largest absolute Gasteiger partial charge is 0.543 e. The Hall–Kier alpha value is -2.36. The number of aromatic nitrogens is 2. The molecule has 0 saturated heterocycles. The summed E-state index contributed by atoms with van der Waals surface area (Å²) in [5, 5.41) is 8.57. The molecule has 7 nitrogen and oxygen atoms in total. The van der Waals surface area contributed by atoms with E-state index in [0.717, 1.165) is 57.5 Å². The summed E-state index contributed by atoms with van der Waals surface area (Å²) in [6, 6.07) is 8.37. The summed E-state index contributed by atoms with van der Waals surface area (Å²) in [5.74, 6) is 1.32. The van der Waals surface area contributed by atoms with Gasteiger partial charge in [0.25, 0.3) is 0 Å². The molecule has 39 heavy (non-hydrogen) atoms. The predicted octanol–water partition coefficient (Wildman–Crippen LogP) is 7.40. The lowest BCUT2D eigenvalue weighted by Gasteiger charge is -2.39. The zero-order valence-electron chi connectivity index (χ0n) is 24.9. The minimum absolute atomic E-state index is 0.115. The van der Waals surface area contributed by atoms with Gasteiger partial charge in [0, 0.05) is 27.7 Å². The highest BCUT2D eigenvalue weighted by molar-refractivity contribution is 9.10. The highest BCUT2D eigenvalue weighted by atomic mass is 79.9. The molecule has 1 fully saturated rings. The molecule has 2 heterocycles. The molecule has 3 aromatic rings. The first-order chi connectivity index (χ1) is 18.0. The van der Waals surface area contributed by atoms with Crippen molar-refractivity contribution in [2.45, 2.75) is 97.4 Å². The molecule has 1 aliphatic carbocycles. The van der Waals surface area contributed by atoms with Crippen LogP contribution in [0.25, 0.3) is 5.52 Å². The highest BCUT2D eigenvalue weighted by Crippen LogP contribution is 2.46. The van der Waals surface area contributed by atoms with Crippen LogP contribution in [0.15, 0.2) is 46.1 Å². The van der Waals surface area contributed by atoms with Crippen LogP contribution in [0, 0.1) is 5.41 Å². The van der Waals surface area contributed by atoms with Crippen molar-refractivity contribution in [3.63, 3.8) is 0 Å². The van der Waals surface area contributed by atoms with Crippen LogP contribution in [0.3, 0.4) is 0 Å². The van der Waals surface area contributed by atoms with E-state index < -0.39 is 8.32 Å². The molecule has 2 aromatic heterocycles. The van der Waals surface area contributed by atoms with E-state index in [1.807, 2.05) is 22.8 Å². The Morgan fingerprint density at radius 1 is 1.26 bits per heavy atom. The predicted molar refractivity (Wildman–Crippen MR) is 170 cm³/mol. The summed E-state index contributed by atoms with van der Waals surface area (Å²) in [7, 11) is -1.95. The molecule has 0 spiro atoms. The number of nitrogens with zero attached hydrogens (tertiary/aromatic N) is 3. The zero-order valence-corrected chi connectivity index (χ0v) is 27.5. The summed E-state index contributed by atoms with van der Waals surface area (Å²) in [6.07, 6.45) is 6.49. The first-order valence-corrected chi connectivity index (χ1v) is 17.6. The second-order valence-corrected chi connectivity index (χ2v) is 18.9. The Bertz CT molecular complexity index is 1400. The van der Waals surface area contributed by atoms with Gasteiger partial charge in [0.2, 0.25) is 8.32 Å². The third-order valence-corrected chi connectivity index (χ3v) is 14.1. The molecular weight excluding hydrogens is 568 g/mol. The first-order valence-electron chi connectivity index (χ1n) is 13.9. The van der Waals surface area contributed by atoms with Crippen molar-refractivity contribution in [3.05, 3.63) is 52.3 Å². The number of rotatable bonds is 7. The summed E-state index contributed by atoms with van der Waals surface area (Å²) in [6.45, 7) is 20.0. The monoisotopic (exact) mass is 612 g/mol. The number of benzene rings is 1. The van der Waals surface area contributed by atoms with E-state index >= 15 is 0 Å². The molecule has 5 N–H and O–H groups in total.